The quantitative estimate of drug-likeness (QED) is 0.861. The van der Waals surface area contributed by atoms with Crippen molar-refractivity contribution in [2.45, 2.75) is 33.2 Å². The minimum absolute atomic E-state index is 0.0385. The van der Waals surface area contributed by atoms with Gasteiger partial charge >= 0.3 is 0 Å². The van der Waals surface area contributed by atoms with Gasteiger partial charge in [0.15, 0.2) is 0 Å². The van der Waals surface area contributed by atoms with E-state index in [1.54, 1.807) is 11.3 Å². The molecule has 5 heteroatoms. The van der Waals surface area contributed by atoms with Gasteiger partial charge in [-0.05, 0) is 31.9 Å². The number of amides is 1. The van der Waals surface area contributed by atoms with Crippen LogP contribution in [0.3, 0.4) is 0 Å². The summed E-state index contributed by atoms with van der Waals surface area (Å²) in [6.45, 7) is 6.40. The van der Waals surface area contributed by atoms with Gasteiger partial charge in [0.2, 0.25) is 5.91 Å². The molecule has 21 heavy (non-hydrogen) atoms. The van der Waals surface area contributed by atoms with Gasteiger partial charge in [-0.25, -0.2) is 4.98 Å². The first-order valence-corrected chi connectivity index (χ1v) is 7.95. The molecule has 112 valence electrons. The van der Waals surface area contributed by atoms with Crippen LogP contribution in [0, 0.1) is 6.92 Å². The minimum atomic E-state index is -0.0385. The molecule has 0 fully saturated rings. The Balaban J connectivity index is 1.85. The van der Waals surface area contributed by atoms with Gasteiger partial charge in [-0.3, -0.25) is 10.1 Å². The number of thiazole rings is 1. The molecule has 1 atom stereocenters. The molecule has 1 aromatic heterocycles. The number of hydrogen-bond donors (Lipinski definition) is 2. The number of nitrogens with one attached hydrogen (secondary N) is 2. The van der Waals surface area contributed by atoms with Crippen molar-refractivity contribution in [2.75, 3.05) is 11.9 Å². The Bertz CT molecular complexity index is 609. The van der Waals surface area contributed by atoms with Crippen LogP contribution in [0.2, 0.25) is 0 Å². The Morgan fingerprint density at radius 2 is 2.14 bits per heavy atom. The zero-order valence-electron chi connectivity index (χ0n) is 12.6. The maximum atomic E-state index is 12.0. The van der Waals surface area contributed by atoms with Crippen LogP contribution in [0.4, 0.5) is 5.69 Å². The average molecular weight is 303 g/mol. The lowest BCUT2D eigenvalue weighted by Gasteiger charge is -2.12. The van der Waals surface area contributed by atoms with Gasteiger partial charge in [-0.1, -0.05) is 25.1 Å². The highest BCUT2D eigenvalue weighted by Crippen LogP contribution is 2.20. The number of aryl methyl sites for hydroxylation is 2. The van der Waals surface area contributed by atoms with Crippen molar-refractivity contribution in [3.8, 4) is 0 Å². The van der Waals surface area contributed by atoms with Gasteiger partial charge in [0.25, 0.3) is 0 Å². The normalized spacial score (nSPS) is 12.1. The molecule has 1 aromatic carbocycles. The standard InChI is InChI=1S/C16H21N3OS/c1-4-13-9-18-16(21-13)12(3)17-10-15(20)19-14-8-6-5-7-11(14)2/h5-9,12,17H,4,10H2,1-3H3,(H,19,20). The van der Waals surface area contributed by atoms with Gasteiger partial charge in [0.05, 0.1) is 12.6 Å². The van der Waals surface area contributed by atoms with Crippen LogP contribution < -0.4 is 10.6 Å². The SMILES string of the molecule is CCc1cnc(C(C)NCC(=O)Nc2ccccc2C)s1. The van der Waals surface area contributed by atoms with Gasteiger partial charge < -0.3 is 5.32 Å². The van der Waals surface area contributed by atoms with Crippen LogP contribution in [-0.2, 0) is 11.2 Å². The fourth-order valence-electron chi connectivity index (χ4n) is 1.93. The number of anilines is 1. The van der Waals surface area contributed by atoms with Crippen molar-refractivity contribution in [3.63, 3.8) is 0 Å². The molecule has 2 rings (SSSR count). The summed E-state index contributed by atoms with van der Waals surface area (Å²) >= 11 is 1.69. The Morgan fingerprint density at radius 3 is 2.81 bits per heavy atom. The minimum Gasteiger partial charge on any atom is -0.325 e. The van der Waals surface area contributed by atoms with Crippen molar-refractivity contribution in [1.82, 2.24) is 10.3 Å². The highest BCUT2D eigenvalue weighted by molar-refractivity contribution is 7.11. The lowest BCUT2D eigenvalue weighted by molar-refractivity contribution is -0.115. The number of aromatic nitrogens is 1. The Morgan fingerprint density at radius 1 is 1.38 bits per heavy atom. The highest BCUT2D eigenvalue weighted by Gasteiger charge is 2.11. The number of nitrogens with zero attached hydrogens (tertiary/aromatic N) is 1. The van der Waals surface area contributed by atoms with Crippen LogP contribution in [-0.4, -0.2) is 17.4 Å². The lowest BCUT2D eigenvalue weighted by atomic mass is 10.2. The van der Waals surface area contributed by atoms with E-state index in [2.05, 4.69) is 22.5 Å². The number of benzene rings is 1. The third-order valence-electron chi connectivity index (χ3n) is 3.28. The summed E-state index contributed by atoms with van der Waals surface area (Å²) in [7, 11) is 0. The molecule has 0 aliphatic carbocycles. The molecule has 2 aromatic rings. The van der Waals surface area contributed by atoms with Crippen LogP contribution >= 0.6 is 11.3 Å². The van der Waals surface area contributed by atoms with Gasteiger partial charge in [0, 0.05) is 16.8 Å². The fraction of sp³-hybridized carbons (Fsp3) is 0.375. The lowest BCUT2D eigenvalue weighted by Crippen LogP contribution is -2.30. The summed E-state index contributed by atoms with van der Waals surface area (Å²) in [5.41, 5.74) is 1.92. The van der Waals surface area contributed by atoms with Gasteiger partial charge in [-0.15, -0.1) is 11.3 Å². The molecule has 2 N–H and O–H groups in total. The molecule has 1 heterocycles. The predicted molar refractivity (Wildman–Crippen MR) is 87.7 cm³/mol. The molecule has 0 aliphatic heterocycles. The summed E-state index contributed by atoms with van der Waals surface area (Å²) in [4.78, 5) is 17.6. The van der Waals surface area contributed by atoms with Crippen LogP contribution in [0.15, 0.2) is 30.5 Å². The van der Waals surface area contributed by atoms with E-state index in [4.69, 9.17) is 0 Å². The zero-order valence-corrected chi connectivity index (χ0v) is 13.5. The molecule has 1 unspecified atom stereocenters. The number of hydrogen-bond acceptors (Lipinski definition) is 4. The van der Waals surface area contributed by atoms with E-state index in [-0.39, 0.29) is 18.5 Å². The third-order valence-corrected chi connectivity index (χ3v) is 4.60. The van der Waals surface area contributed by atoms with E-state index in [1.807, 2.05) is 44.3 Å². The van der Waals surface area contributed by atoms with Gasteiger partial charge in [0.1, 0.15) is 5.01 Å². The molecule has 0 radical (unpaired) electrons. The second-order valence-corrected chi connectivity index (χ2v) is 6.13. The maximum Gasteiger partial charge on any atom is 0.238 e. The van der Waals surface area contributed by atoms with E-state index in [1.165, 1.54) is 4.88 Å². The Kier molecular flexibility index (Phi) is 5.47. The Labute approximate surface area is 129 Å². The molecule has 0 saturated heterocycles. The molecule has 1 amide bonds. The maximum absolute atomic E-state index is 12.0. The van der Waals surface area contributed by atoms with Gasteiger partial charge in [-0.2, -0.15) is 0 Å². The van der Waals surface area contributed by atoms with E-state index in [0.717, 1.165) is 22.7 Å². The first-order valence-electron chi connectivity index (χ1n) is 7.13. The average Bonchev–Trinajstić information content (AvgIpc) is 2.96. The summed E-state index contributed by atoms with van der Waals surface area (Å²) in [5.74, 6) is -0.0385. The molecular formula is C16H21N3OS. The molecular weight excluding hydrogens is 282 g/mol. The predicted octanol–water partition coefficient (Wildman–Crippen LogP) is 3.30. The van der Waals surface area contributed by atoms with Crippen LogP contribution in [0.5, 0.6) is 0 Å². The summed E-state index contributed by atoms with van der Waals surface area (Å²) < 4.78 is 0. The Hall–Kier alpha value is -1.72. The molecule has 0 spiro atoms. The fourth-order valence-corrected chi connectivity index (χ4v) is 2.81. The smallest absolute Gasteiger partial charge is 0.238 e. The molecule has 4 nitrogen and oxygen atoms in total. The number of carbonyl (C=O) groups is 1. The molecule has 0 bridgehead atoms. The second-order valence-electron chi connectivity index (χ2n) is 4.98. The summed E-state index contributed by atoms with van der Waals surface area (Å²) in [6, 6.07) is 7.84. The highest BCUT2D eigenvalue weighted by atomic mass is 32.1. The third kappa shape index (κ3) is 4.37. The first kappa shape index (κ1) is 15.7. The van der Waals surface area contributed by atoms with E-state index in [0.29, 0.717) is 0 Å². The number of carbonyl (C=O) groups excluding carboxylic acids is 1. The van der Waals surface area contributed by atoms with Crippen molar-refractivity contribution in [2.24, 2.45) is 0 Å². The van der Waals surface area contributed by atoms with Crippen molar-refractivity contribution in [1.29, 1.82) is 0 Å². The second kappa shape index (κ2) is 7.33. The largest absolute Gasteiger partial charge is 0.325 e. The topological polar surface area (TPSA) is 54.0 Å². The van der Waals surface area contributed by atoms with E-state index >= 15 is 0 Å². The number of rotatable bonds is 6. The van der Waals surface area contributed by atoms with E-state index in [9.17, 15) is 4.79 Å². The summed E-state index contributed by atoms with van der Waals surface area (Å²) in [5, 5.41) is 7.15. The molecule has 0 saturated carbocycles. The van der Waals surface area contributed by atoms with Crippen LogP contribution in [0.25, 0.3) is 0 Å². The van der Waals surface area contributed by atoms with Crippen LogP contribution in [0.1, 0.15) is 35.3 Å². The van der Waals surface area contributed by atoms with Crippen molar-refractivity contribution in [3.05, 3.63) is 45.9 Å². The number of para-hydroxylation sites is 1. The monoisotopic (exact) mass is 303 g/mol. The van der Waals surface area contributed by atoms with Crippen molar-refractivity contribution >= 4 is 22.9 Å². The molecule has 0 aliphatic rings. The zero-order chi connectivity index (χ0) is 15.2. The van der Waals surface area contributed by atoms with Crippen molar-refractivity contribution < 1.29 is 4.79 Å². The summed E-state index contributed by atoms with van der Waals surface area (Å²) in [6.07, 6.45) is 2.91. The first-order chi connectivity index (χ1) is 10.1. The van der Waals surface area contributed by atoms with E-state index < -0.39 is 0 Å².